The molecule has 0 saturated carbocycles. The van der Waals surface area contributed by atoms with E-state index in [-0.39, 0.29) is 6.04 Å². The van der Waals surface area contributed by atoms with Crippen molar-refractivity contribution in [2.24, 2.45) is 0 Å². The fraction of sp³-hybridized carbons (Fsp3) is 0.455. The first-order valence-corrected chi connectivity index (χ1v) is 8.62. The van der Waals surface area contributed by atoms with Gasteiger partial charge in [-0.15, -0.1) is 11.3 Å². The molecule has 0 amide bonds. The van der Waals surface area contributed by atoms with Gasteiger partial charge in [0.2, 0.25) is 0 Å². The Morgan fingerprint density at radius 1 is 1.67 bits per heavy atom. The molecule has 4 nitrogen and oxygen atoms in total. The quantitative estimate of drug-likeness (QED) is 0.864. The van der Waals surface area contributed by atoms with Gasteiger partial charge in [0, 0.05) is 28.9 Å². The minimum Gasteiger partial charge on any atom is -0.297 e. The minimum absolute atomic E-state index is 0.192. The Morgan fingerprint density at radius 3 is 3.06 bits per heavy atom. The molecule has 0 aliphatic rings. The highest BCUT2D eigenvalue weighted by Gasteiger charge is 2.15. The molecule has 1 N–H and O–H groups in total. The molecule has 2 aromatic heterocycles. The summed E-state index contributed by atoms with van der Waals surface area (Å²) in [5.74, 6) is 1.54. The Kier molecular flexibility index (Phi) is 4.47. The van der Waals surface area contributed by atoms with Gasteiger partial charge in [0.25, 0.3) is 0 Å². The lowest BCUT2D eigenvalue weighted by atomic mass is 10.2. The maximum Gasteiger partial charge on any atom is 0.195 e. The summed E-state index contributed by atoms with van der Waals surface area (Å²) in [5, 5.41) is 9.14. The summed E-state index contributed by atoms with van der Waals surface area (Å²) in [6, 6.07) is 4.21. The fourth-order valence-electron chi connectivity index (χ4n) is 1.76. The van der Waals surface area contributed by atoms with E-state index < -0.39 is 10.8 Å². The third-order valence-electron chi connectivity index (χ3n) is 2.71. The van der Waals surface area contributed by atoms with Gasteiger partial charge in [0.15, 0.2) is 10.6 Å². The number of aromatic amines is 1. The Morgan fingerprint density at radius 2 is 2.44 bits per heavy atom. The molecule has 2 atom stereocenters. The van der Waals surface area contributed by atoms with Crippen LogP contribution in [0.2, 0.25) is 0 Å². The molecule has 98 valence electrons. The van der Waals surface area contributed by atoms with E-state index in [9.17, 15) is 4.21 Å². The lowest BCUT2D eigenvalue weighted by Gasteiger charge is -2.14. The molecule has 0 aromatic carbocycles. The zero-order valence-corrected chi connectivity index (χ0v) is 12.7. The van der Waals surface area contributed by atoms with Crippen molar-refractivity contribution in [2.75, 3.05) is 12.0 Å². The molecule has 0 fully saturated rings. The molecule has 2 unspecified atom stereocenters. The van der Waals surface area contributed by atoms with Crippen molar-refractivity contribution < 1.29 is 4.21 Å². The predicted molar refractivity (Wildman–Crippen MR) is 79.0 cm³/mol. The van der Waals surface area contributed by atoms with Gasteiger partial charge in [-0.25, -0.2) is 0 Å². The zero-order valence-electron chi connectivity index (χ0n) is 10.3. The van der Waals surface area contributed by atoms with Gasteiger partial charge in [-0.05, 0) is 37.0 Å². The summed E-state index contributed by atoms with van der Waals surface area (Å²) < 4.78 is 13.8. The molecule has 7 heteroatoms. The molecule has 0 bridgehead atoms. The summed E-state index contributed by atoms with van der Waals surface area (Å²) >= 11 is 6.91. The molecule has 2 aromatic rings. The van der Waals surface area contributed by atoms with Gasteiger partial charge >= 0.3 is 0 Å². The second-order valence-electron chi connectivity index (χ2n) is 4.11. The van der Waals surface area contributed by atoms with Crippen molar-refractivity contribution in [1.82, 2.24) is 14.8 Å². The normalized spacial score (nSPS) is 14.6. The summed E-state index contributed by atoms with van der Waals surface area (Å²) in [4.78, 5) is 1.09. The number of hydrogen-bond acceptors (Lipinski definition) is 4. The molecule has 2 rings (SSSR count). The van der Waals surface area contributed by atoms with E-state index in [0.29, 0.717) is 10.5 Å². The van der Waals surface area contributed by atoms with Crippen molar-refractivity contribution in [2.45, 2.75) is 19.4 Å². The number of aromatic nitrogens is 3. The first-order chi connectivity index (χ1) is 8.59. The molecular weight excluding hydrogens is 286 g/mol. The fourth-order valence-corrected chi connectivity index (χ4v) is 3.45. The van der Waals surface area contributed by atoms with Gasteiger partial charge in [0.05, 0.1) is 4.88 Å². The summed E-state index contributed by atoms with van der Waals surface area (Å²) in [7, 11) is -0.773. The summed E-state index contributed by atoms with van der Waals surface area (Å²) in [6.45, 7) is 2.08. The minimum atomic E-state index is -0.773. The van der Waals surface area contributed by atoms with Crippen LogP contribution < -0.4 is 0 Å². The SMILES string of the molecule is CC(CCS(C)=O)n1c(-c2cccs2)n[nH]c1=S. The number of H-pyrrole nitrogens is 1. The molecule has 0 saturated heterocycles. The van der Waals surface area contributed by atoms with Crippen LogP contribution in [-0.4, -0.2) is 31.0 Å². The van der Waals surface area contributed by atoms with Crippen molar-refractivity contribution in [1.29, 1.82) is 0 Å². The van der Waals surface area contributed by atoms with Crippen LogP contribution >= 0.6 is 23.6 Å². The lowest BCUT2D eigenvalue weighted by Crippen LogP contribution is -2.10. The standard InChI is InChI=1S/C11H15N3OS3/c1-8(5-7-18(2)15)14-10(12-13-11(14)16)9-4-3-6-17-9/h3-4,6,8H,5,7H2,1-2H3,(H,13,16). The topological polar surface area (TPSA) is 50.7 Å². The maximum atomic E-state index is 11.2. The van der Waals surface area contributed by atoms with Crippen LogP contribution in [-0.2, 0) is 10.8 Å². The van der Waals surface area contributed by atoms with Gasteiger partial charge in [0.1, 0.15) is 0 Å². The van der Waals surface area contributed by atoms with E-state index in [2.05, 4.69) is 17.1 Å². The zero-order chi connectivity index (χ0) is 13.1. The molecule has 0 spiro atoms. The third-order valence-corrected chi connectivity index (χ3v) is 4.67. The van der Waals surface area contributed by atoms with Crippen molar-refractivity contribution in [3.05, 3.63) is 22.3 Å². The molecule has 0 radical (unpaired) electrons. The van der Waals surface area contributed by atoms with Crippen LogP contribution in [0.1, 0.15) is 19.4 Å². The third kappa shape index (κ3) is 2.96. The lowest BCUT2D eigenvalue weighted by molar-refractivity contribution is 0.530. The average molecular weight is 301 g/mol. The van der Waals surface area contributed by atoms with Crippen LogP contribution in [0, 0.1) is 4.77 Å². The van der Waals surface area contributed by atoms with Crippen molar-refractivity contribution in [3.63, 3.8) is 0 Å². The number of hydrogen-bond donors (Lipinski definition) is 1. The van der Waals surface area contributed by atoms with Gasteiger partial charge < -0.3 is 0 Å². The first kappa shape index (κ1) is 13.6. The number of rotatable bonds is 5. The van der Waals surface area contributed by atoms with Crippen LogP contribution in [0.4, 0.5) is 0 Å². The molecule has 2 heterocycles. The van der Waals surface area contributed by atoms with E-state index in [1.165, 1.54) is 0 Å². The molecule has 0 aliphatic carbocycles. The van der Waals surface area contributed by atoms with Crippen LogP contribution in [0.25, 0.3) is 10.7 Å². The smallest absolute Gasteiger partial charge is 0.195 e. The second kappa shape index (κ2) is 5.90. The first-order valence-electron chi connectivity index (χ1n) is 5.60. The highest BCUT2D eigenvalue weighted by atomic mass is 32.2. The van der Waals surface area contributed by atoms with Crippen LogP contribution in [0.5, 0.6) is 0 Å². The van der Waals surface area contributed by atoms with Crippen LogP contribution in [0.3, 0.4) is 0 Å². The average Bonchev–Trinajstić information content (AvgIpc) is 2.94. The largest absolute Gasteiger partial charge is 0.297 e. The Bertz CT molecular complexity index is 585. The molecular formula is C11H15N3OS3. The number of thiophene rings is 1. The predicted octanol–water partition coefficient (Wildman–Crippen LogP) is 3.00. The highest BCUT2D eigenvalue weighted by Crippen LogP contribution is 2.26. The van der Waals surface area contributed by atoms with Gasteiger partial charge in [-0.1, -0.05) is 6.07 Å². The summed E-state index contributed by atoms with van der Waals surface area (Å²) in [6.07, 6.45) is 2.55. The van der Waals surface area contributed by atoms with E-state index >= 15 is 0 Å². The monoisotopic (exact) mass is 301 g/mol. The highest BCUT2D eigenvalue weighted by molar-refractivity contribution is 7.84. The molecule has 0 aliphatic heterocycles. The second-order valence-corrected chi connectivity index (χ2v) is 7.00. The van der Waals surface area contributed by atoms with E-state index in [0.717, 1.165) is 17.1 Å². The van der Waals surface area contributed by atoms with E-state index in [4.69, 9.17) is 12.2 Å². The van der Waals surface area contributed by atoms with Crippen molar-refractivity contribution in [3.8, 4) is 10.7 Å². The maximum absolute atomic E-state index is 11.2. The molecule has 18 heavy (non-hydrogen) atoms. The summed E-state index contributed by atoms with van der Waals surface area (Å²) in [5.41, 5.74) is 0. The number of nitrogens with zero attached hydrogens (tertiary/aromatic N) is 2. The van der Waals surface area contributed by atoms with E-state index in [1.807, 2.05) is 22.1 Å². The van der Waals surface area contributed by atoms with Gasteiger partial charge in [-0.3, -0.25) is 13.9 Å². The Labute approximate surface area is 118 Å². The van der Waals surface area contributed by atoms with E-state index in [1.54, 1.807) is 17.6 Å². The Hall–Kier alpha value is -0.790. The number of nitrogens with one attached hydrogen (secondary N) is 1. The van der Waals surface area contributed by atoms with Gasteiger partial charge in [-0.2, -0.15) is 5.10 Å². The van der Waals surface area contributed by atoms with Crippen molar-refractivity contribution >= 4 is 34.4 Å². The van der Waals surface area contributed by atoms with Crippen LogP contribution in [0.15, 0.2) is 17.5 Å². The Balaban J connectivity index is 2.30.